The Morgan fingerprint density at radius 2 is 1.81 bits per heavy atom. The van der Waals surface area contributed by atoms with Gasteiger partial charge in [-0.05, 0) is 42.7 Å². The van der Waals surface area contributed by atoms with Gasteiger partial charge in [-0.15, -0.1) is 0 Å². The molecule has 0 saturated carbocycles. The third-order valence-electron chi connectivity index (χ3n) is 3.29. The summed E-state index contributed by atoms with van der Waals surface area (Å²) < 4.78 is 0. The minimum atomic E-state index is 0.580. The monoisotopic (exact) mass is 306 g/mol. The largest absolute Gasteiger partial charge is 0.357 e. The summed E-state index contributed by atoms with van der Waals surface area (Å²) in [6, 6.07) is 0. The van der Waals surface area contributed by atoms with E-state index in [1.807, 2.05) is 7.05 Å². The van der Waals surface area contributed by atoms with Gasteiger partial charge >= 0.3 is 0 Å². The highest BCUT2D eigenvalue weighted by atomic mass is 32.1. The van der Waals surface area contributed by atoms with Crippen molar-refractivity contribution in [1.29, 1.82) is 0 Å². The fourth-order valence-corrected chi connectivity index (χ4v) is 2.80. The Hall–Kier alpha value is -1.89. The number of rotatable bonds is 7. The van der Waals surface area contributed by atoms with Crippen molar-refractivity contribution in [2.75, 3.05) is 35.7 Å². The summed E-state index contributed by atoms with van der Waals surface area (Å²) in [7, 11) is 1.81. The highest BCUT2D eigenvalue weighted by Gasteiger charge is 2.10. The minimum Gasteiger partial charge on any atom is -0.357 e. The van der Waals surface area contributed by atoms with Crippen LogP contribution in [0.3, 0.4) is 0 Å². The van der Waals surface area contributed by atoms with Gasteiger partial charge in [0.15, 0.2) is 0 Å². The molecule has 2 heterocycles. The van der Waals surface area contributed by atoms with E-state index in [4.69, 9.17) is 0 Å². The van der Waals surface area contributed by atoms with Crippen LogP contribution in [0.1, 0.15) is 25.0 Å². The topological polar surface area (TPSA) is 66.0 Å². The first kappa shape index (κ1) is 15.5. The lowest BCUT2D eigenvalue weighted by molar-refractivity contribution is 0.812. The number of aromatic nitrogens is 3. The highest BCUT2D eigenvalue weighted by molar-refractivity contribution is 7.08. The molecule has 0 aliphatic carbocycles. The van der Waals surface area contributed by atoms with Gasteiger partial charge in [0.25, 0.3) is 0 Å². The van der Waals surface area contributed by atoms with Crippen LogP contribution in [0.4, 0.5) is 17.8 Å². The van der Waals surface area contributed by atoms with Crippen LogP contribution in [0.25, 0.3) is 0 Å². The van der Waals surface area contributed by atoms with Gasteiger partial charge in [0.2, 0.25) is 17.8 Å². The van der Waals surface area contributed by atoms with Crippen molar-refractivity contribution in [3.05, 3.63) is 21.9 Å². The maximum absolute atomic E-state index is 4.51. The van der Waals surface area contributed by atoms with Crippen molar-refractivity contribution < 1.29 is 0 Å². The molecule has 7 heteroatoms. The molecular formula is C14H22N6S. The average molecular weight is 306 g/mol. The quantitative estimate of drug-likeness (QED) is 0.820. The Balaban J connectivity index is 2.18. The highest BCUT2D eigenvalue weighted by Crippen LogP contribution is 2.17. The van der Waals surface area contributed by atoms with E-state index >= 15 is 0 Å². The zero-order chi connectivity index (χ0) is 15.2. The summed E-state index contributed by atoms with van der Waals surface area (Å²) in [6.45, 7) is 8.75. The molecule has 0 saturated heterocycles. The molecule has 0 aromatic carbocycles. The standard InChI is InChI=1S/C14H22N6S/c1-5-20(6-2)14-18-12(15-4)17-13(19-14)16-7-11-9-21-8-10(11)3/h8-9H,5-7H2,1-4H3,(H2,15,16,17,18,19). The number of nitrogens with zero attached hydrogens (tertiary/aromatic N) is 4. The van der Waals surface area contributed by atoms with Gasteiger partial charge in [-0.1, -0.05) is 0 Å². The summed E-state index contributed by atoms with van der Waals surface area (Å²) in [6.07, 6.45) is 0. The van der Waals surface area contributed by atoms with Gasteiger partial charge in [0, 0.05) is 26.7 Å². The molecule has 0 amide bonds. The number of anilines is 3. The van der Waals surface area contributed by atoms with Gasteiger partial charge in [0.1, 0.15) is 0 Å². The first-order valence-corrected chi connectivity index (χ1v) is 8.06. The smallest absolute Gasteiger partial charge is 0.231 e. The van der Waals surface area contributed by atoms with Crippen molar-refractivity contribution in [3.8, 4) is 0 Å². The molecule has 114 valence electrons. The van der Waals surface area contributed by atoms with E-state index < -0.39 is 0 Å². The van der Waals surface area contributed by atoms with Gasteiger partial charge in [-0.25, -0.2) is 0 Å². The van der Waals surface area contributed by atoms with E-state index in [1.165, 1.54) is 11.1 Å². The van der Waals surface area contributed by atoms with Crippen molar-refractivity contribution >= 4 is 29.2 Å². The zero-order valence-electron chi connectivity index (χ0n) is 13.0. The molecule has 0 aliphatic rings. The molecular weight excluding hydrogens is 284 g/mol. The molecule has 2 aromatic heterocycles. The third kappa shape index (κ3) is 3.81. The van der Waals surface area contributed by atoms with Crippen LogP contribution in [-0.4, -0.2) is 35.1 Å². The predicted molar refractivity (Wildman–Crippen MR) is 89.3 cm³/mol. The summed E-state index contributed by atoms with van der Waals surface area (Å²) in [5, 5.41) is 10.6. The number of hydrogen-bond donors (Lipinski definition) is 2. The molecule has 6 nitrogen and oxygen atoms in total. The van der Waals surface area contributed by atoms with Crippen molar-refractivity contribution in [3.63, 3.8) is 0 Å². The zero-order valence-corrected chi connectivity index (χ0v) is 13.8. The molecule has 0 radical (unpaired) electrons. The van der Waals surface area contributed by atoms with Crippen LogP contribution < -0.4 is 15.5 Å². The van der Waals surface area contributed by atoms with E-state index in [-0.39, 0.29) is 0 Å². The predicted octanol–water partition coefficient (Wildman–Crippen LogP) is 2.74. The number of nitrogens with one attached hydrogen (secondary N) is 2. The molecule has 0 bridgehead atoms. The Morgan fingerprint density at radius 1 is 1.10 bits per heavy atom. The normalized spacial score (nSPS) is 10.5. The molecule has 0 unspecified atom stereocenters. The summed E-state index contributed by atoms with van der Waals surface area (Å²) in [5.41, 5.74) is 2.56. The Morgan fingerprint density at radius 3 is 2.38 bits per heavy atom. The van der Waals surface area contributed by atoms with E-state index in [9.17, 15) is 0 Å². The summed E-state index contributed by atoms with van der Waals surface area (Å²) in [5.74, 6) is 1.88. The lowest BCUT2D eigenvalue weighted by atomic mass is 10.2. The van der Waals surface area contributed by atoms with Crippen LogP contribution >= 0.6 is 11.3 Å². The first-order valence-electron chi connectivity index (χ1n) is 7.12. The second-order valence-electron chi connectivity index (χ2n) is 4.64. The van der Waals surface area contributed by atoms with Crippen LogP contribution in [-0.2, 0) is 6.54 Å². The second-order valence-corrected chi connectivity index (χ2v) is 5.38. The fourth-order valence-electron chi connectivity index (χ4n) is 1.95. The SMILES string of the molecule is CCN(CC)c1nc(NC)nc(NCc2cscc2C)n1. The lowest BCUT2D eigenvalue weighted by Gasteiger charge is -2.19. The average Bonchev–Trinajstić information content (AvgIpc) is 2.91. The van der Waals surface area contributed by atoms with Crippen LogP contribution in [0, 0.1) is 6.92 Å². The summed E-state index contributed by atoms with van der Waals surface area (Å²) >= 11 is 1.71. The van der Waals surface area contributed by atoms with Gasteiger partial charge < -0.3 is 15.5 Å². The lowest BCUT2D eigenvalue weighted by Crippen LogP contribution is -2.25. The van der Waals surface area contributed by atoms with E-state index in [1.54, 1.807) is 11.3 Å². The molecule has 0 fully saturated rings. The molecule has 0 aliphatic heterocycles. The number of thiophene rings is 1. The van der Waals surface area contributed by atoms with Crippen LogP contribution in [0.5, 0.6) is 0 Å². The Labute approximate surface area is 129 Å². The number of hydrogen-bond acceptors (Lipinski definition) is 7. The molecule has 2 N–H and O–H groups in total. The van der Waals surface area contributed by atoms with Gasteiger partial charge in [-0.3, -0.25) is 0 Å². The Bertz CT molecular complexity index is 579. The van der Waals surface area contributed by atoms with Crippen LogP contribution in [0.15, 0.2) is 10.8 Å². The number of aryl methyl sites for hydroxylation is 1. The maximum atomic E-state index is 4.51. The second kappa shape index (κ2) is 7.21. The van der Waals surface area contributed by atoms with E-state index in [2.05, 4.69) is 62.0 Å². The molecule has 2 rings (SSSR count). The van der Waals surface area contributed by atoms with Crippen molar-refractivity contribution in [2.45, 2.75) is 27.3 Å². The Kier molecular flexibility index (Phi) is 5.32. The van der Waals surface area contributed by atoms with E-state index in [0.29, 0.717) is 17.8 Å². The fraction of sp³-hybridized carbons (Fsp3) is 0.500. The third-order valence-corrected chi connectivity index (χ3v) is 4.20. The maximum Gasteiger partial charge on any atom is 0.231 e. The minimum absolute atomic E-state index is 0.580. The van der Waals surface area contributed by atoms with Crippen molar-refractivity contribution in [2.24, 2.45) is 0 Å². The van der Waals surface area contributed by atoms with Crippen molar-refractivity contribution in [1.82, 2.24) is 15.0 Å². The van der Waals surface area contributed by atoms with Crippen LogP contribution in [0.2, 0.25) is 0 Å². The molecule has 2 aromatic rings. The first-order chi connectivity index (χ1) is 10.2. The molecule has 21 heavy (non-hydrogen) atoms. The molecule has 0 atom stereocenters. The molecule has 0 spiro atoms. The summed E-state index contributed by atoms with van der Waals surface area (Å²) in [4.78, 5) is 15.4. The van der Waals surface area contributed by atoms with Gasteiger partial charge in [-0.2, -0.15) is 26.3 Å². The van der Waals surface area contributed by atoms with Gasteiger partial charge in [0.05, 0.1) is 0 Å². The van der Waals surface area contributed by atoms with E-state index in [0.717, 1.165) is 19.6 Å².